The summed E-state index contributed by atoms with van der Waals surface area (Å²) in [5.41, 5.74) is 1.78. The number of likely N-dealkylation sites (N-methyl/N-ethyl adjacent to an activating group) is 1. The first kappa shape index (κ1) is 17.6. The molecule has 0 saturated carbocycles. The van der Waals surface area contributed by atoms with Crippen molar-refractivity contribution in [3.63, 3.8) is 0 Å². The van der Waals surface area contributed by atoms with Crippen LogP contribution in [-0.2, 0) is 4.74 Å². The van der Waals surface area contributed by atoms with Gasteiger partial charge in [0, 0.05) is 13.1 Å². The average Bonchev–Trinajstić information content (AvgIpc) is 2.60. The molecule has 0 bridgehead atoms. The Morgan fingerprint density at radius 2 is 1.39 bits per heavy atom. The van der Waals surface area contributed by atoms with Crippen molar-refractivity contribution in [2.24, 2.45) is 0 Å². The fraction of sp³-hybridized carbons (Fsp3) is 0.368. The van der Waals surface area contributed by atoms with Gasteiger partial charge in [0.2, 0.25) is 0 Å². The van der Waals surface area contributed by atoms with E-state index < -0.39 is 12.2 Å². The highest BCUT2D eigenvalue weighted by atomic mass is 16.5. The van der Waals surface area contributed by atoms with Crippen molar-refractivity contribution in [3.8, 4) is 0 Å². The Bertz CT molecular complexity index is 547. The van der Waals surface area contributed by atoms with Gasteiger partial charge in [-0.1, -0.05) is 60.7 Å². The molecule has 0 saturated heterocycles. The van der Waals surface area contributed by atoms with E-state index in [4.69, 9.17) is 4.74 Å². The van der Waals surface area contributed by atoms with Crippen molar-refractivity contribution in [1.82, 2.24) is 4.90 Å². The molecular weight excluding hydrogens is 290 g/mol. The van der Waals surface area contributed by atoms with E-state index >= 15 is 0 Å². The zero-order valence-corrected chi connectivity index (χ0v) is 13.5. The van der Waals surface area contributed by atoms with Crippen LogP contribution < -0.4 is 0 Å². The maximum atomic E-state index is 10.2. The topological polar surface area (TPSA) is 52.9 Å². The van der Waals surface area contributed by atoms with Crippen LogP contribution in [-0.4, -0.2) is 48.5 Å². The number of benzene rings is 2. The van der Waals surface area contributed by atoms with Crippen LogP contribution in [0.2, 0.25) is 0 Å². The normalized spacial score (nSPS) is 13.9. The van der Waals surface area contributed by atoms with Crippen LogP contribution in [0.5, 0.6) is 0 Å². The molecular formula is C19H25NO3. The van der Waals surface area contributed by atoms with Crippen molar-refractivity contribution in [2.75, 3.05) is 33.4 Å². The van der Waals surface area contributed by atoms with E-state index in [9.17, 15) is 10.2 Å². The number of hydrogen-bond acceptors (Lipinski definition) is 4. The molecule has 4 nitrogen and oxygen atoms in total. The maximum absolute atomic E-state index is 10.2. The van der Waals surface area contributed by atoms with E-state index in [0.717, 1.165) is 11.1 Å². The molecule has 0 aliphatic rings. The third kappa shape index (κ3) is 6.12. The van der Waals surface area contributed by atoms with Crippen molar-refractivity contribution in [2.45, 2.75) is 12.2 Å². The molecule has 0 aliphatic heterocycles. The van der Waals surface area contributed by atoms with Gasteiger partial charge in [0.1, 0.15) is 6.10 Å². The van der Waals surface area contributed by atoms with E-state index in [1.54, 1.807) is 0 Å². The van der Waals surface area contributed by atoms with E-state index in [2.05, 4.69) is 0 Å². The lowest BCUT2D eigenvalue weighted by Gasteiger charge is -2.21. The fourth-order valence-corrected chi connectivity index (χ4v) is 2.35. The van der Waals surface area contributed by atoms with Crippen LogP contribution in [0, 0.1) is 0 Å². The van der Waals surface area contributed by atoms with Gasteiger partial charge in [-0.05, 0) is 18.2 Å². The SMILES string of the molecule is CN(CCOCC(O)c1ccccc1)CC(O)c1ccccc1. The van der Waals surface area contributed by atoms with Crippen LogP contribution in [0.4, 0.5) is 0 Å². The van der Waals surface area contributed by atoms with Gasteiger partial charge in [0.15, 0.2) is 0 Å². The van der Waals surface area contributed by atoms with Gasteiger partial charge in [0.05, 0.1) is 19.3 Å². The Labute approximate surface area is 138 Å². The first-order valence-corrected chi connectivity index (χ1v) is 7.89. The number of rotatable bonds is 9. The second kappa shape index (κ2) is 9.43. The third-order valence-corrected chi connectivity index (χ3v) is 3.75. The first-order valence-electron chi connectivity index (χ1n) is 7.89. The molecule has 2 aromatic carbocycles. The molecule has 2 aromatic rings. The monoisotopic (exact) mass is 315 g/mol. The lowest BCUT2D eigenvalue weighted by atomic mass is 10.1. The highest BCUT2D eigenvalue weighted by molar-refractivity contribution is 5.18. The minimum atomic E-state index is -0.601. The van der Waals surface area contributed by atoms with Gasteiger partial charge < -0.3 is 19.8 Å². The zero-order valence-electron chi connectivity index (χ0n) is 13.5. The van der Waals surface area contributed by atoms with Gasteiger partial charge in [-0.25, -0.2) is 0 Å². The number of ether oxygens (including phenoxy) is 1. The second-order valence-electron chi connectivity index (χ2n) is 5.69. The molecule has 0 heterocycles. The van der Waals surface area contributed by atoms with E-state index in [0.29, 0.717) is 19.7 Å². The van der Waals surface area contributed by atoms with E-state index in [1.807, 2.05) is 72.6 Å². The molecule has 2 unspecified atom stereocenters. The van der Waals surface area contributed by atoms with Crippen LogP contribution in [0.15, 0.2) is 60.7 Å². The number of aliphatic hydroxyl groups excluding tert-OH is 2. The smallest absolute Gasteiger partial charge is 0.102 e. The lowest BCUT2D eigenvalue weighted by molar-refractivity contribution is 0.0240. The Morgan fingerprint density at radius 3 is 1.96 bits per heavy atom. The van der Waals surface area contributed by atoms with Gasteiger partial charge in [-0.3, -0.25) is 0 Å². The molecule has 0 aliphatic carbocycles. The minimum absolute atomic E-state index is 0.277. The quantitative estimate of drug-likeness (QED) is 0.698. The molecule has 0 spiro atoms. The Kier molecular flexibility index (Phi) is 7.23. The van der Waals surface area contributed by atoms with Crippen LogP contribution in [0.25, 0.3) is 0 Å². The summed E-state index contributed by atoms with van der Waals surface area (Å²) < 4.78 is 5.53. The standard InChI is InChI=1S/C19H25NO3/c1-20(14-18(21)16-8-4-2-5-9-16)12-13-23-15-19(22)17-10-6-3-7-11-17/h2-11,18-19,21-22H,12-15H2,1H3. The molecule has 23 heavy (non-hydrogen) atoms. The van der Waals surface area contributed by atoms with Crippen LogP contribution in [0.1, 0.15) is 23.3 Å². The summed E-state index contributed by atoms with van der Waals surface area (Å²) >= 11 is 0. The number of nitrogens with zero attached hydrogens (tertiary/aromatic N) is 1. The molecule has 2 atom stereocenters. The predicted octanol–water partition coefficient (Wildman–Crippen LogP) is 2.40. The third-order valence-electron chi connectivity index (χ3n) is 3.75. The summed E-state index contributed by atoms with van der Waals surface area (Å²) in [7, 11) is 1.95. The lowest BCUT2D eigenvalue weighted by Crippen LogP contribution is -2.28. The summed E-state index contributed by atoms with van der Waals surface area (Å²) in [6.07, 6.45) is -1.10. The molecule has 2 N–H and O–H groups in total. The van der Waals surface area contributed by atoms with E-state index in [-0.39, 0.29) is 6.61 Å². The molecule has 4 heteroatoms. The fourth-order valence-electron chi connectivity index (χ4n) is 2.35. The molecule has 124 valence electrons. The van der Waals surface area contributed by atoms with Crippen LogP contribution >= 0.6 is 0 Å². The maximum Gasteiger partial charge on any atom is 0.102 e. The van der Waals surface area contributed by atoms with Crippen molar-refractivity contribution in [3.05, 3.63) is 71.8 Å². The van der Waals surface area contributed by atoms with Crippen molar-refractivity contribution < 1.29 is 14.9 Å². The molecule has 0 radical (unpaired) electrons. The average molecular weight is 315 g/mol. The molecule has 0 aromatic heterocycles. The van der Waals surface area contributed by atoms with Gasteiger partial charge in [0.25, 0.3) is 0 Å². The summed E-state index contributed by atoms with van der Waals surface area (Å²) in [5.74, 6) is 0. The van der Waals surface area contributed by atoms with Crippen LogP contribution in [0.3, 0.4) is 0 Å². The summed E-state index contributed by atoms with van der Waals surface area (Å²) in [5, 5.41) is 20.2. The van der Waals surface area contributed by atoms with Gasteiger partial charge >= 0.3 is 0 Å². The molecule has 0 amide bonds. The largest absolute Gasteiger partial charge is 0.387 e. The Hall–Kier alpha value is -1.72. The van der Waals surface area contributed by atoms with Crippen molar-refractivity contribution in [1.29, 1.82) is 0 Å². The summed E-state index contributed by atoms with van der Waals surface area (Å²) in [6, 6.07) is 19.1. The second-order valence-corrected chi connectivity index (χ2v) is 5.69. The highest BCUT2D eigenvalue weighted by Gasteiger charge is 2.11. The summed E-state index contributed by atoms with van der Waals surface area (Å²) in [4.78, 5) is 2.02. The zero-order chi connectivity index (χ0) is 16.5. The molecule has 2 rings (SSSR count). The summed E-state index contributed by atoms with van der Waals surface area (Å²) in [6.45, 7) is 2.04. The first-order chi connectivity index (χ1) is 11.2. The van der Waals surface area contributed by atoms with E-state index in [1.165, 1.54) is 0 Å². The number of hydrogen-bond donors (Lipinski definition) is 2. The Balaban J connectivity index is 1.64. The Morgan fingerprint density at radius 1 is 0.870 bits per heavy atom. The minimum Gasteiger partial charge on any atom is -0.387 e. The highest BCUT2D eigenvalue weighted by Crippen LogP contribution is 2.13. The predicted molar refractivity (Wildman–Crippen MR) is 91.1 cm³/mol. The number of aliphatic hydroxyl groups is 2. The van der Waals surface area contributed by atoms with Gasteiger partial charge in [-0.15, -0.1) is 0 Å². The van der Waals surface area contributed by atoms with Gasteiger partial charge in [-0.2, -0.15) is 0 Å². The molecule has 0 fully saturated rings. The van der Waals surface area contributed by atoms with Crippen molar-refractivity contribution >= 4 is 0 Å².